The lowest BCUT2D eigenvalue weighted by Gasteiger charge is -2.20. The van der Waals surface area contributed by atoms with Crippen molar-refractivity contribution in [1.29, 1.82) is 0 Å². The standard InChI is InChI=1S/C16H17ClFNO2/c1-19-15(10-21-13-5-3-4-11(17)8-13)14-9-12(18)6-7-16(14)20-2/h3-9,15,19H,10H2,1-2H3. The Morgan fingerprint density at radius 1 is 1.24 bits per heavy atom. The van der Waals surface area contributed by atoms with Crippen molar-refractivity contribution in [3.8, 4) is 11.5 Å². The van der Waals surface area contributed by atoms with E-state index in [-0.39, 0.29) is 11.9 Å². The van der Waals surface area contributed by atoms with Gasteiger partial charge in [0.05, 0.1) is 13.2 Å². The summed E-state index contributed by atoms with van der Waals surface area (Å²) in [5.74, 6) is 0.970. The highest BCUT2D eigenvalue weighted by molar-refractivity contribution is 6.30. The normalized spacial score (nSPS) is 12.0. The highest BCUT2D eigenvalue weighted by Gasteiger charge is 2.16. The molecule has 2 rings (SSSR count). The Morgan fingerprint density at radius 2 is 2.05 bits per heavy atom. The maximum Gasteiger partial charge on any atom is 0.123 e. The molecular weight excluding hydrogens is 293 g/mol. The fourth-order valence-electron chi connectivity index (χ4n) is 2.04. The van der Waals surface area contributed by atoms with Gasteiger partial charge in [0.2, 0.25) is 0 Å². The van der Waals surface area contributed by atoms with Gasteiger partial charge in [0, 0.05) is 10.6 Å². The van der Waals surface area contributed by atoms with E-state index in [1.807, 2.05) is 12.1 Å². The Hall–Kier alpha value is -1.78. The second-order valence-corrected chi connectivity index (χ2v) is 4.93. The zero-order chi connectivity index (χ0) is 15.2. The van der Waals surface area contributed by atoms with Crippen LogP contribution in [0, 0.1) is 5.82 Å². The van der Waals surface area contributed by atoms with E-state index in [2.05, 4.69) is 5.32 Å². The molecule has 0 bridgehead atoms. The molecule has 0 saturated heterocycles. The van der Waals surface area contributed by atoms with Gasteiger partial charge in [0.15, 0.2) is 0 Å². The minimum atomic E-state index is -0.311. The molecular formula is C16H17ClFNO2. The Morgan fingerprint density at radius 3 is 2.71 bits per heavy atom. The molecule has 0 aliphatic carbocycles. The second-order valence-electron chi connectivity index (χ2n) is 4.50. The molecule has 0 amide bonds. The first-order valence-corrected chi connectivity index (χ1v) is 6.91. The molecule has 0 fully saturated rings. The van der Waals surface area contributed by atoms with E-state index >= 15 is 0 Å². The molecule has 0 radical (unpaired) electrons. The summed E-state index contributed by atoms with van der Waals surface area (Å²) in [6, 6.07) is 11.4. The van der Waals surface area contributed by atoms with E-state index in [0.29, 0.717) is 28.7 Å². The van der Waals surface area contributed by atoms with Crippen LogP contribution >= 0.6 is 11.6 Å². The van der Waals surface area contributed by atoms with Gasteiger partial charge < -0.3 is 14.8 Å². The van der Waals surface area contributed by atoms with Crippen molar-refractivity contribution in [1.82, 2.24) is 5.32 Å². The molecule has 112 valence electrons. The predicted octanol–water partition coefficient (Wildman–Crippen LogP) is 3.83. The summed E-state index contributed by atoms with van der Waals surface area (Å²) in [4.78, 5) is 0. The highest BCUT2D eigenvalue weighted by Crippen LogP contribution is 2.27. The van der Waals surface area contributed by atoms with Gasteiger partial charge in [-0.25, -0.2) is 4.39 Å². The van der Waals surface area contributed by atoms with Crippen LogP contribution in [0.25, 0.3) is 0 Å². The first-order chi connectivity index (χ1) is 10.1. The number of likely N-dealkylation sites (N-methyl/N-ethyl adjacent to an activating group) is 1. The Balaban J connectivity index is 2.15. The van der Waals surface area contributed by atoms with E-state index < -0.39 is 0 Å². The minimum absolute atomic E-state index is 0.199. The smallest absolute Gasteiger partial charge is 0.123 e. The molecule has 0 heterocycles. The van der Waals surface area contributed by atoms with E-state index in [1.165, 1.54) is 12.1 Å². The molecule has 0 saturated carbocycles. The highest BCUT2D eigenvalue weighted by atomic mass is 35.5. The lowest BCUT2D eigenvalue weighted by molar-refractivity contribution is 0.268. The number of hydrogen-bond donors (Lipinski definition) is 1. The van der Waals surface area contributed by atoms with Crippen molar-refractivity contribution in [2.75, 3.05) is 20.8 Å². The molecule has 1 atom stereocenters. The molecule has 0 aromatic heterocycles. The molecule has 0 spiro atoms. The predicted molar refractivity (Wildman–Crippen MR) is 81.7 cm³/mol. The summed E-state index contributed by atoms with van der Waals surface area (Å²) < 4.78 is 24.4. The van der Waals surface area contributed by atoms with Crippen molar-refractivity contribution in [2.24, 2.45) is 0 Å². The van der Waals surface area contributed by atoms with Gasteiger partial charge in [0.1, 0.15) is 23.9 Å². The van der Waals surface area contributed by atoms with Gasteiger partial charge >= 0.3 is 0 Å². The minimum Gasteiger partial charge on any atom is -0.496 e. The number of benzene rings is 2. The van der Waals surface area contributed by atoms with Crippen molar-refractivity contribution in [2.45, 2.75) is 6.04 Å². The quantitative estimate of drug-likeness (QED) is 0.880. The van der Waals surface area contributed by atoms with E-state index in [9.17, 15) is 4.39 Å². The van der Waals surface area contributed by atoms with Gasteiger partial charge in [-0.1, -0.05) is 17.7 Å². The van der Waals surface area contributed by atoms with Gasteiger partial charge in [-0.05, 0) is 43.4 Å². The fraction of sp³-hybridized carbons (Fsp3) is 0.250. The number of nitrogens with one attached hydrogen (secondary N) is 1. The first-order valence-electron chi connectivity index (χ1n) is 6.53. The maximum absolute atomic E-state index is 13.5. The number of hydrogen-bond acceptors (Lipinski definition) is 3. The first kappa shape index (κ1) is 15.6. The zero-order valence-corrected chi connectivity index (χ0v) is 12.7. The van der Waals surface area contributed by atoms with Crippen LogP contribution in [0.4, 0.5) is 4.39 Å². The van der Waals surface area contributed by atoms with Crippen LogP contribution in [0.15, 0.2) is 42.5 Å². The lowest BCUT2D eigenvalue weighted by Crippen LogP contribution is -2.24. The Kier molecular flexibility index (Phi) is 5.42. The Bertz CT molecular complexity index is 607. The van der Waals surface area contributed by atoms with Crippen LogP contribution in [-0.2, 0) is 0 Å². The molecule has 2 aromatic rings. The van der Waals surface area contributed by atoms with Crippen LogP contribution < -0.4 is 14.8 Å². The van der Waals surface area contributed by atoms with E-state index in [1.54, 1.807) is 32.4 Å². The summed E-state index contributed by atoms with van der Waals surface area (Å²) in [5.41, 5.74) is 0.710. The van der Waals surface area contributed by atoms with Crippen molar-refractivity contribution >= 4 is 11.6 Å². The second kappa shape index (κ2) is 7.29. The van der Waals surface area contributed by atoms with Crippen molar-refractivity contribution < 1.29 is 13.9 Å². The van der Waals surface area contributed by atoms with Crippen LogP contribution in [0.2, 0.25) is 5.02 Å². The number of halogens is 2. The average Bonchev–Trinajstić information content (AvgIpc) is 2.48. The van der Waals surface area contributed by atoms with E-state index in [0.717, 1.165) is 0 Å². The number of methoxy groups -OCH3 is 1. The maximum atomic E-state index is 13.5. The number of ether oxygens (including phenoxy) is 2. The van der Waals surface area contributed by atoms with Gasteiger partial charge in [0.25, 0.3) is 0 Å². The summed E-state index contributed by atoms with van der Waals surface area (Å²) in [6.45, 7) is 0.330. The van der Waals surface area contributed by atoms with Crippen LogP contribution in [-0.4, -0.2) is 20.8 Å². The van der Waals surface area contributed by atoms with Gasteiger partial charge in [-0.2, -0.15) is 0 Å². The third kappa shape index (κ3) is 4.09. The molecule has 3 nitrogen and oxygen atoms in total. The molecule has 1 N–H and O–H groups in total. The zero-order valence-electron chi connectivity index (χ0n) is 11.9. The summed E-state index contributed by atoms with van der Waals surface area (Å²) >= 11 is 5.91. The number of rotatable bonds is 6. The molecule has 21 heavy (non-hydrogen) atoms. The fourth-order valence-corrected chi connectivity index (χ4v) is 2.22. The third-order valence-electron chi connectivity index (χ3n) is 3.13. The van der Waals surface area contributed by atoms with Crippen molar-refractivity contribution in [3.63, 3.8) is 0 Å². The molecule has 2 aromatic carbocycles. The van der Waals surface area contributed by atoms with Gasteiger partial charge in [-0.3, -0.25) is 0 Å². The summed E-state index contributed by atoms with van der Waals surface area (Å²) in [6.07, 6.45) is 0. The SMILES string of the molecule is CNC(COc1cccc(Cl)c1)c1cc(F)ccc1OC. The molecule has 0 aliphatic rings. The summed E-state index contributed by atoms with van der Waals surface area (Å²) in [7, 11) is 3.34. The van der Waals surface area contributed by atoms with Crippen molar-refractivity contribution in [3.05, 3.63) is 58.9 Å². The Labute approximate surface area is 128 Å². The van der Waals surface area contributed by atoms with Crippen LogP contribution in [0.3, 0.4) is 0 Å². The lowest BCUT2D eigenvalue weighted by atomic mass is 10.1. The third-order valence-corrected chi connectivity index (χ3v) is 3.36. The summed E-state index contributed by atoms with van der Waals surface area (Å²) in [5, 5.41) is 3.71. The van der Waals surface area contributed by atoms with E-state index in [4.69, 9.17) is 21.1 Å². The van der Waals surface area contributed by atoms with Crippen LogP contribution in [0.1, 0.15) is 11.6 Å². The topological polar surface area (TPSA) is 30.5 Å². The molecule has 5 heteroatoms. The average molecular weight is 310 g/mol. The molecule has 1 unspecified atom stereocenters. The monoisotopic (exact) mass is 309 g/mol. The molecule has 0 aliphatic heterocycles. The largest absolute Gasteiger partial charge is 0.496 e. The van der Waals surface area contributed by atoms with Gasteiger partial charge in [-0.15, -0.1) is 0 Å². The van der Waals surface area contributed by atoms with Crippen LogP contribution in [0.5, 0.6) is 11.5 Å².